The Balaban J connectivity index is 2.65. The first-order valence-corrected chi connectivity index (χ1v) is 8.84. The SMILES string of the molecule is CNC(=O)NC(=O)[C@H](C)OC(=O)CNS(=O)(=O)c1cc(C)ccc1C. The second-order valence-electron chi connectivity index (χ2n) is 5.29. The fourth-order valence-electron chi connectivity index (χ4n) is 1.80. The highest BCUT2D eigenvalue weighted by Gasteiger charge is 2.22. The average molecular weight is 371 g/mol. The minimum Gasteiger partial charge on any atom is -0.452 e. The second kappa shape index (κ2) is 8.58. The summed E-state index contributed by atoms with van der Waals surface area (Å²) in [4.78, 5) is 34.3. The van der Waals surface area contributed by atoms with Gasteiger partial charge in [0.1, 0.15) is 6.54 Å². The summed E-state index contributed by atoms with van der Waals surface area (Å²) < 4.78 is 31.4. The minimum atomic E-state index is -3.90. The summed E-state index contributed by atoms with van der Waals surface area (Å²) >= 11 is 0. The highest BCUT2D eigenvalue weighted by Crippen LogP contribution is 2.16. The molecule has 0 saturated heterocycles. The molecule has 0 saturated carbocycles. The van der Waals surface area contributed by atoms with E-state index < -0.39 is 40.6 Å². The molecule has 1 rings (SSSR count). The molecule has 0 aliphatic carbocycles. The van der Waals surface area contributed by atoms with E-state index in [0.717, 1.165) is 5.56 Å². The van der Waals surface area contributed by atoms with Crippen LogP contribution in [0.15, 0.2) is 23.1 Å². The number of rotatable bonds is 6. The predicted molar refractivity (Wildman–Crippen MR) is 89.3 cm³/mol. The molecule has 3 N–H and O–H groups in total. The van der Waals surface area contributed by atoms with Crippen molar-refractivity contribution in [2.75, 3.05) is 13.6 Å². The van der Waals surface area contributed by atoms with Crippen LogP contribution >= 0.6 is 0 Å². The molecule has 0 radical (unpaired) electrons. The third-order valence-corrected chi connectivity index (χ3v) is 4.72. The molecule has 0 aromatic heterocycles. The summed E-state index contributed by atoms with van der Waals surface area (Å²) in [6.45, 7) is 4.00. The van der Waals surface area contributed by atoms with Gasteiger partial charge in [-0.15, -0.1) is 0 Å². The molecule has 1 aromatic carbocycles. The van der Waals surface area contributed by atoms with Crippen LogP contribution in [0.4, 0.5) is 4.79 Å². The molecular weight excluding hydrogens is 350 g/mol. The molecule has 0 fully saturated rings. The van der Waals surface area contributed by atoms with Gasteiger partial charge < -0.3 is 10.1 Å². The number of urea groups is 1. The lowest BCUT2D eigenvalue weighted by Crippen LogP contribution is -2.44. The molecule has 0 bridgehead atoms. The molecule has 9 nitrogen and oxygen atoms in total. The van der Waals surface area contributed by atoms with Crippen molar-refractivity contribution in [1.82, 2.24) is 15.4 Å². The van der Waals surface area contributed by atoms with Gasteiger partial charge >= 0.3 is 12.0 Å². The van der Waals surface area contributed by atoms with Crippen LogP contribution in [0.5, 0.6) is 0 Å². The standard InChI is InChI=1S/C15H21N3O6S/c1-9-5-6-10(2)12(7-9)25(22,23)17-8-13(19)24-11(3)14(20)18-15(21)16-4/h5-7,11,17H,8H2,1-4H3,(H2,16,18,20,21)/t11-/m0/s1. The summed E-state index contributed by atoms with van der Waals surface area (Å²) in [5.41, 5.74) is 1.29. The summed E-state index contributed by atoms with van der Waals surface area (Å²) in [6, 6.07) is 4.18. The molecule has 0 spiro atoms. The van der Waals surface area contributed by atoms with Crippen LogP contribution in [0.3, 0.4) is 0 Å². The van der Waals surface area contributed by atoms with Crippen LogP contribution in [0, 0.1) is 13.8 Å². The Labute approximate surface area is 146 Å². The van der Waals surface area contributed by atoms with Crippen molar-refractivity contribution < 1.29 is 27.5 Å². The number of carbonyl (C=O) groups is 3. The first kappa shape index (κ1) is 20.6. The molecular formula is C15H21N3O6S. The maximum Gasteiger partial charge on any atom is 0.321 e. The van der Waals surface area contributed by atoms with Crippen molar-refractivity contribution in [2.24, 2.45) is 0 Å². The Hall–Kier alpha value is -2.46. The zero-order valence-corrected chi connectivity index (χ0v) is 15.2. The highest BCUT2D eigenvalue weighted by molar-refractivity contribution is 7.89. The van der Waals surface area contributed by atoms with E-state index in [9.17, 15) is 22.8 Å². The maximum atomic E-state index is 12.3. The van der Waals surface area contributed by atoms with Crippen LogP contribution in [0.2, 0.25) is 0 Å². The number of aryl methyl sites for hydroxylation is 2. The van der Waals surface area contributed by atoms with Crippen LogP contribution in [-0.4, -0.2) is 46.0 Å². The topological polar surface area (TPSA) is 131 Å². The first-order valence-electron chi connectivity index (χ1n) is 7.35. The van der Waals surface area contributed by atoms with Gasteiger partial charge in [-0.05, 0) is 38.0 Å². The van der Waals surface area contributed by atoms with Crippen molar-refractivity contribution in [3.8, 4) is 0 Å². The van der Waals surface area contributed by atoms with Gasteiger partial charge in [-0.2, -0.15) is 4.72 Å². The zero-order chi connectivity index (χ0) is 19.2. The first-order chi connectivity index (χ1) is 11.6. The van der Waals surface area contributed by atoms with Gasteiger partial charge in [0, 0.05) is 7.05 Å². The third kappa shape index (κ3) is 6.16. The van der Waals surface area contributed by atoms with Crippen molar-refractivity contribution in [2.45, 2.75) is 31.8 Å². The van der Waals surface area contributed by atoms with Crippen molar-refractivity contribution in [1.29, 1.82) is 0 Å². The van der Waals surface area contributed by atoms with E-state index in [1.165, 1.54) is 20.0 Å². The van der Waals surface area contributed by atoms with Gasteiger partial charge in [0.25, 0.3) is 5.91 Å². The lowest BCUT2D eigenvalue weighted by atomic mass is 10.2. The molecule has 138 valence electrons. The second-order valence-corrected chi connectivity index (χ2v) is 7.03. The molecule has 0 aliphatic rings. The third-order valence-electron chi connectivity index (χ3n) is 3.18. The van der Waals surface area contributed by atoms with Crippen molar-refractivity contribution in [3.63, 3.8) is 0 Å². The van der Waals surface area contributed by atoms with Crippen LogP contribution < -0.4 is 15.4 Å². The Morgan fingerprint density at radius 3 is 2.44 bits per heavy atom. The van der Waals surface area contributed by atoms with Crippen LogP contribution in [0.1, 0.15) is 18.1 Å². The van der Waals surface area contributed by atoms with Crippen LogP contribution in [0.25, 0.3) is 0 Å². The minimum absolute atomic E-state index is 0.0608. The largest absolute Gasteiger partial charge is 0.452 e. The highest BCUT2D eigenvalue weighted by atomic mass is 32.2. The van der Waals surface area contributed by atoms with E-state index in [1.54, 1.807) is 26.0 Å². The van der Waals surface area contributed by atoms with Crippen LogP contribution in [-0.2, 0) is 24.3 Å². The Bertz CT molecular complexity index is 775. The monoisotopic (exact) mass is 371 g/mol. The number of sulfonamides is 1. The Morgan fingerprint density at radius 2 is 1.84 bits per heavy atom. The number of benzene rings is 1. The number of amides is 3. The Morgan fingerprint density at radius 1 is 1.20 bits per heavy atom. The van der Waals surface area contributed by atoms with Gasteiger partial charge in [-0.1, -0.05) is 12.1 Å². The van der Waals surface area contributed by atoms with E-state index in [1.807, 2.05) is 5.32 Å². The molecule has 0 unspecified atom stereocenters. The molecule has 1 atom stereocenters. The van der Waals surface area contributed by atoms with E-state index in [4.69, 9.17) is 4.74 Å². The fourth-order valence-corrected chi connectivity index (χ4v) is 3.09. The number of ether oxygens (including phenoxy) is 1. The van der Waals surface area contributed by atoms with E-state index in [-0.39, 0.29) is 4.90 Å². The Kier molecular flexibility index (Phi) is 7.07. The quantitative estimate of drug-likeness (QED) is 0.602. The summed E-state index contributed by atoms with van der Waals surface area (Å²) in [7, 11) is -2.58. The molecule has 3 amide bonds. The average Bonchev–Trinajstić information content (AvgIpc) is 2.54. The van der Waals surface area contributed by atoms with Gasteiger partial charge in [-0.25, -0.2) is 13.2 Å². The summed E-state index contributed by atoms with van der Waals surface area (Å²) in [6.07, 6.45) is -1.25. The number of hydrogen-bond acceptors (Lipinski definition) is 6. The molecule has 10 heteroatoms. The van der Waals surface area contributed by atoms with Crippen molar-refractivity contribution >= 4 is 27.9 Å². The smallest absolute Gasteiger partial charge is 0.321 e. The number of esters is 1. The lowest BCUT2D eigenvalue weighted by Gasteiger charge is -2.13. The normalized spacial score (nSPS) is 12.2. The van der Waals surface area contributed by atoms with Gasteiger partial charge in [0.15, 0.2) is 6.10 Å². The predicted octanol–water partition coefficient (Wildman–Crippen LogP) is -0.0310. The number of nitrogens with one attached hydrogen (secondary N) is 3. The van der Waals surface area contributed by atoms with Gasteiger partial charge in [0.05, 0.1) is 4.90 Å². The van der Waals surface area contributed by atoms with Gasteiger partial charge in [0.2, 0.25) is 10.0 Å². The van der Waals surface area contributed by atoms with E-state index in [2.05, 4.69) is 10.0 Å². The van der Waals surface area contributed by atoms with Crippen molar-refractivity contribution in [3.05, 3.63) is 29.3 Å². The van der Waals surface area contributed by atoms with E-state index >= 15 is 0 Å². The van der Waals surface area contributed by atoms with Gasteiger partial charge in [-0.3, -0.25) is 14.9 Å². The fraction of sp³-hybridized carbons (Fsp3) is 0.400. The zero-order valence-electron chi connectivity index (χ0n) is 14.4. The maximum absolute atomic E-state index is 12.3. The number of carbonyl (C=O) groups excluding carboxylic acids is 3. The lowest BCUT2D eigenvalue weighted by molar-refractivity contribution is -0.153. The molecule has 0 heterocycles. The number of hydrogen-bond donors (Lipinski definition) is 3. The summed E-state index contributed by atoms with van der Waals surface area (Å²) in [5, 5.41) is 4.12. The van der Waals surface area contributed by atoms with E-state index in [0.29, 0.717) is 5.56 Å². The summed E-state index contributed by atoms with van der Waals surface area (Å²) in [5.74, 6) is -1.78. The molecule has 1 aromatic rings. The number of imide groups is 1. The molecule has 0 aliphatic heterocycles. The molecule has 25 heavy (non-hydrogen) atoms.